The van der Waals surface area contributed by atoms with E-state index in [-0.39, 0.29) is 5.91 Å². The number of nitrogens with zero attached hydrogens (tertiary/aromatic N) is 2. The Balaban J connectivity index is 1.62. The number of aryl methyl sites for hydroxylation is 1. The minimum Gasteiger partial charge on any atom is -0.383 e. The van der Waals surface area contributed by atoms with E-state index < -0.39 is 0 Å². The summed E-state index contributed by atoms with van der Waals surface area (Å²) < 4.78 is 0. The number of amides is 1. The molecule has 0 radical (unpaired) electrons. The molecule has 0 aliphatic carbocycles. The summed E-state index contributed by atoms with van der Waals surface area (Å²) in [7, 11) is 0. The fourth-order valence-electron chi connectivity index (χ4n) is 1.69. The van der Waals surface area contributed by atoms with Crippen molar-refractivity contribution in [3.8, 4) is 0 Å². The minimum absolute atomic E-state index is 0.0129. The quantitative estimate of drug-likeness (QED) is 0.605. The number of carbonyl (C=O) groups is 1. The van der Waals surface area contributed by atoms with Crippen molar-refractivity contribution < 1.29 is 4.79 Å². The molecule has 2 aromatic heterocycles. The van der Waals surface area contributed by atoms with Crippen LogP contribution in [0.1, 0.15) is 5.56 Å². The average Bonchev–Trinajstić information content (AvgIpc) is 2.52. The Morgan fingerprint density at radius 2 is 2.14 bits per heavy atom. The summed E-state index contributed by atoms with van der Waals surface area (Å²) in [4.78, 5) is 19.9. The van der Waals surface area contributed by atoms with Crippen LogP contribution in [0.2, 0.25) is 0 Å². The highest BCUT2D eigenvalue weighted by Gasteiger charge is 2.03. The molecule has 6 heteroatoms. The molecule has 0 spiro atoms. The van der Waals surface area contributed by atoms with Crippen molar-refractivity contribution in [3.63, 3.8) is 0 Å². The smallest absolute Gasteiger partial charge is 0.230 e. The Kier molecular flexibility index (Phi) is 6.02. The number of aromatic nitrogens is 2. The minimum atomic E-state index is 0.0129. The third-order valence-corrected chi connectivity index (χ3v) is 3.72. The number of nitrogens with one attached hydrogen (secondary N) is 2. The monoisotopic (exact) mass is 302 g/mol. The predicted octanol–water partition coefficient (Wildman–Crippen LogP) is 2.11. The largest absolute Gasteiger partial charge is 0.383 e. The molecule has 0 bridgehead atoms. The van der Waals surface area contributed by atoms with Crippen LogP contribution in [0.3, 0.4) is 0 Å². The van der Waals surface area contributed by atoms with Crippen LogP contribution < -0.4 is 10.6 Å². The lowest BCUT2D eigenvalue weighted by atomic mass is 10.2. The zero-order valence-electron chi connectivity index (χ0n) is 11.9. The highest BCUT2D eigenvalue weighted by Crippen LogP contribution is 2.13. The molecule has 21 heavy (non-hydrogen) atoms. The molecule has 110 valence electrons. The Bertz CT molecular complexity index is 577. The van der Waals surface area contributed by atoms with Crippen molar-refractivity contribution >= 4 is 23.4 Å². The Hall–Kier alpha value is -2.08. The van der Waals surface area contributed by atoms with E-state index in [9.17, 15) is 4.79 Å². The van der Waals surface area contributed by atoms with Crippen LogP contribution in [0, 0.1) is 6.92 Å². The molecule has 0 aliphatic rings. The molecule has 2 aromatic rings. The van der Waals surface area contributed by atoms with E-state index in [1.807, 2.05) is 37.4 Å². The second-order valence-corrected chi connectivity index (χ2v) is 5.42. The van der Waals surface area contributed by atoms with Crippen LogP contribution >= 0.6 is 11.8 Å². The van der Waals surface area contributed by atoms with Crippen LogP contribution in [0.5, 0.6) is 0 Å². The van der Waals surface area contributed by atoms with Crippen LogP contribution in [-0.4, -0.2) is 34.7 Å². The summed E-state index contributed by atoms with van der Waals surface area (Å²) in [5.41, 5.74) is 2.14. The van der Waals surface area contributed by atoms with Gasteiger partial charge in [0, 0.05) is 37.4 Å². The van der Waals surface area contributed by atoms with Gasteiger partial charge >= 0.3 is 0 Å². The number of anilines is 1. The normalized spacial score (nSPS) is 10.1. The van der Waals surface area contributed by atoms with Crippen molar-refractivity contribution in [2.75, 3.05) is 24.2 Å². The van der Waals surface area contributed by atoms with Crippen LogP contribution in [0.25, 0.3) is 0 Å². The van der Waals surface area contributed by atoms with Gasteiger partial charge in [0.2, 0.25) is 5.91 Å². The molecule has 0 saturated heterocycles. The molecule has 0 aromatic carbocycles. The maximum atomic E-state index is 11.7. The summed E-state index contributed by atoms with van der Waals surface area (Å²) in [5.74, 6) is 0.393. The highest BCUT2D eigenvalue weighted by molar-refractivity contribution is 7.99. The van der Waals surface area contributed by atoms with Crippen molar-refractivity contribution in [1.82, 2.24) is 15.3 Å². The number of thioether (sulfide) groups is 1. The molecule has 2 rings (SSSR count). The lowest BCUT2D eigenvalue weighted by Gasteiger charge is -2.09. The van der Waals surface area contributed by atoms with E-state index in [1.165, 1.54) is 11.8 Å². The number of hydrogen-bond donors (Lipinski definition) is 2. The number of rotatable bonds is 7. The first-order valence-corrected chi connectivity index (χ1v) is 7.69. The van der Waals surface area contributed by atoms with Gasteiger partial charge in [-0.15, -0.1) is 0 Å². The van der Waals surface area contributed by atoms with Gasteiger partial charge in [-0.25, -0.2) is 4.98 Å². The van der Waals surface area contributed by atoms with Gasteiger partial charge in [0.15, 0.2) is 0 Å². The molecule has 0 aliphatic heterocycles. The van der Waals surface area contributed by atoms with E-state index in [1.54, 1.807) is 12.4 Å². The summed E-state index contributed by atoms with van der Waals surface area (Å²) >= 11 is 1.43. The van der Waals surface area contributed by atoms with E-state index in [2.05, 4.69) is 20.6 Å². The van der Waals surface area contributed by atoms with Crippen molar-refractivity contribution in [2.24, 2.45) is 0 Å². The first-order chi connectivity index (χ1) is 10.3. The van der Waals surface area contributed by atoms with Gasteiger partial charge in [0.1, 0.15) is 0 Å². The van der Waals surface area contributed by atoms with Gasteiger partial charge in [-0.05, 0) is 30.7 Å². The molecule has 5 nitrogen and oxygen atoms in total. The Labute approximate surface area is 128 Å². The van der Waals surface area contributed by atoms with Gasteiger partial charge in [0.05, 0.1) is 10.8 Å². The number of pyridine rings is 2. The fraction of sp³-hybridized carbons (Fsp3) is 0.267. The van der Waals surface area contributed by atoms with Gasteiger partial charge in [-0.3, -0.25) is 9.78 Å². The van der Waals surface area contributed by atoms with E-state index in [4.69, 9.17) is 0 Å². The van der Waals surface area contributed by atoms with Gasteiger partial charge in [-0.1, -0.05) is 17.8 Å². The van der Waals surface area contributed by atoms with Gasteiger partial charge in [-0.2, -0.15) is 0 Å². The predicted molar refractivity (Wildman–Crippen MR) is 85.4 cm³/mol. The first-order valence-electron chi connectivity index (χ1n) is 6.71. The summed E-state index contributed by atoms with van der Waals surface area (Å²) in [6.07, 6.45) is 5.28. The molecule has 0 unspecified atom stereocenters. The maximum Gasteiger partial charge on any atom is 0.230 e. The molecule has 0 fully saturated rings. The van der Waals surface area contributed by atoms with Gasteiger partial charge in [0.25, 0.3) is 0 Å². The lowest BCUT2D eigenvalue weighted by molar-refractivity contribution is -0.118. The topological polar surface area (TPSA) is 66.9 Å². The second kappa shape index (κ2) is 8.26. The van der Waals surface area contributed by atoms with E-state index in [0.717, 1.165) is 16.3 Å². The van der Waals surface area contributed by atoms with Crippen LogP contribution in [0.4, 0.5) is 5.69 Å². The zero-order valence-corrected chi connectivity index (χ0v) is 12.7. The van der Waals surface area contributed by atoms with E-state index in [0.29, 0.717) is 18.8 Å². The van der Waals surface area contributed by atoms with Crippen LogP contribution in [0.15, 0.2) is 47.9 Å². The van der Waals surface area contributed by atoms with Gasteiger partial charge < -0.3 is 10.6 Å². The summed E-state index contributed by atoms with van der Waals surface area (Å²) in [6.45, 7) is 3.27. The lowest BCUT2D eigenvalue weighted by Crippen LogP contribution is -2.30. The summed E-state index contributed by atoms with van der Waals surface area (Å²) in [6, 6.07) is 7.59. The van der Waals surface area contributed by atoms with Crippen molar-refractivity contribution in [3.05, 3.63) is 48.4 Å². The molecule has 2 N–H and O–H groups in total. The van der Waals surface area contributed by atoms with Crippen LogP contribution in [-0.2, 0) is 4.79 Å². The fourth-order valence-corrected chi connectivity index (χ4v) is 2.39. The second-order valence-electron chi connectivity index (χ2n) is 4.42. The first kappa shape index (κ1) is 15.3. The van der Waals surface area contributed by atoms with Crippen molar-refractivity contribution in [2.45, 2.75) is 11.9 Å². The van der Waals surface area contributed by atoms with Crippen molar-refractivity contribution in [1.29, 1.82) is 0 Å². The molecule has 0 atom stereocenters. The Morgan fingerprint density at radius 3 is 2.90 bits per heavy atom. The SMILES string of the molecule is Cc1cnccc1NCCNC(=O)CSc1ccccn1. The Morgan fingerprint density at radius 1 is 1.24 bits per heavy atom. The third-order valence-electron chi connectivity index (χ3n) is 2.77. The average molecular weight is 302 g/mol. The maximum absolute atomic E-state index is 11.7. The molecular formula is C15H18N4OS. The highest BCUT2D eigenvalue weighted by atomic mass is 32.2. The zero-order chi connectivity index (χ0) is 14.9. The standard InChI is InChI=1S/C15H18N4OS/c1-12-10-16-7-5-13(12)17-8-9-18-14(20)11-21-15-4-2-3-6-19-15/h2-7,10H,8-9,11H2,1H3,(H,16,17)(H,18,20). The molecule has 2 heterocycles. The number of hydrogen-bond acceptors (Lipinski definition) is 5. The summed E-state index contributed by atoms with van der Waals surface area (Å²) in [5, 5.41) is 7.00. The molecule has 1 amide bonds. The third kappa shape index (κ3) is 5.43. The number of carbonyl (C=O) groups excluding carboxylic acids is 1. The molecular weight excluding hydrogens is 284 g/mol. The van der Waals surface area contributed by atoms with E-state index >= 15 is 0 Å². The molecule has 0 saturated carbocycles.